The number of hydrogen-bond donors (Lipinski definition) is 3. The highest BCUT2D eigenvalue weighted by atomic mass is 16.5. The van der Waals surface area contributed by atoms with Crippen LogP contribution in [-0.4, -0.2) is 22.2 Å². The fourth-order valence-electron chi connectivity index (χ4n) is 3.86. The van der Waals surface area contributed by atoms with Crippen molar-refractivity contribution in [2.75, 3.05) is 12.5 Å². The molecule has 3 aromatic carbocycles. The number of rotatable bonds is 4. The van der Waals surface area contributed by atoms with E-state index in [1.165, 1.54) is 7.11 Å². The Balaban J connectivity index is 1.68. The number of para-hydroxylation sites is 2. The van der Waals surface area contributed by atoms with Crippen LogP contribution in [0.4, 0.5) is 5.95 Å². The number of imidazole rings is 1. The summed E-state index contributed by atoms with van der Waals surface area (Å²) in [5.41, 5.74) is 8.48. The zero-order chi connectivity index (χ0) is 22.2. The van der Waals surface area contributed by atoms with Crippen LogP contribution in [0.5, 0.6) is 11.5 Å². The standard InChI is InChI=1S/C25H22N4O3/c1-14-10-15(2)24-19(28-29-25-26-17-6-4-5-7-18(17)27-25)13-21(32-23(24)11-14)16-8-9-20(30)22(12-16)31-3/h4-13,30H,1-3H3,(H2,26,27,29)/b28-19+. The van der Waals surface area contributed by atoms with Gasteiger partial charge in [-0.05, 0) is 61.4 Å². The minimum absolute atomic E-state index is 0.0696. The molecule has 0 spiro atoms. The van der Waals surface area contributed by atoms with Gasteiger partial charge in [0.2, 0.25) is 5.95 Å². The van der Waals surface area contributed by atoms with Crippen molar-refractivity contribution in [1.82, 2.24) is 9.97 Å². The summed E-state index contributed by atoms with van der Waals surface area (Å²) in [7, 11) is 1.51. The first-order valence-corrected chi connectivity index (χ1v) is 10.2. The molecule has 0 aliphatic heterocycles. The molecule has 0 radical (unpaired) electrons. The van der Waals surface area contributed by atoms with Gasteiger partial charge >= 0.3 is 0 Å². The van der Waals surface area contributed by atoms with Crippen LogP contribution in [0, 0.1) is 13.8 Å². The van der Waals surface area contributed by atoms with Gasteiger partial charge in [0.05, 0.1) is 23.5 Å². The van der Waals surface area contributed by atoms with Gasteiger partial charge in [-0.25, -0.2) is 10.4 Å². The highest BCUT2D eigenvalue weighted by Crippen LogP contribution is 2.32. The van der Waals surface area contributed by atoms with Gasteiger partial charge < -0.3 is 19.2 Å². The summed E-state index contributed by atoms with van der Waals surface area (Å²) in [6.07, 6.45) is 0. The highest BCUT2D eigenvalue weighted by molar-refractivity contribution is 5.83. The van der Waals surface area contributed by atoms with Crippen molar-refractivity contribution in [2.45, 2.75) is 13.8 Å². The second-order valence-electron chi connectivity index (χ2n) is 7.66. The maximum absolute atomic E-state index is 9.96. The minimum Gasteiger partial charge on any atom is -0.504 e. The van der Waals surface area contributed by atoms with Gasteiger partial charge in [0.25, 0.3) is 0 Å². The summed E-state index contributed by atoms with van der Waals surface area (Å²) in [5, 5.41) is 16.2. The first-order valence-electron chi connectivity index (χ1n) is 10.2. The number of aromatic amines is 1. The zero-order valence-electron chi connectivity index (χ0n) is 17.9. The SMILES string of the molecule is COc1cc(-c2c/c(=N\Nc3nc4ccccc4[nH]3)c3c(C)cc(C)cc3o2)ccc1O. The molecule has 7 nitrogen and oxygen atoms in total. The molecule has 0 amide bonds. The lowest BCUT2D eigenvalue weighted by Crippen LogP contribution is -2.09. The molecule has 7 heteroatoms. The fraction of sp³-hybridized carbons (Fsp3) is 0.120. The summed E-state index contributed by atoms with van der Waals surface area (Å²) in [6.45, 7) is 4.07. The summed E-state index contributed by atoms with van der Waals surface area (Å²) in [6, 6.07) is 18.9. The Bertz CT molecular complexity index is 1500. The molecule has 0 bridgehead atoms. The maximum Gasteiger partial charge on any atom is 0.222 e. The number of H-pyrrole nitrogens is 1. The van der Waals surface area contributed by atoms with E-state index in [0.717, 1.165) is 38.7 Å². The number of nitrogens with zero attached hydrogens (tertiary/aromatic N) is 2. The van der Waals surface area contributed by atoms with Crippen molar-refractivity contribution in [3.63, 3.8) is 0 Å². The van der Waals surface area contributed by atoms with E-state index in [0.29, 0.717) is 22.8 Å². The third-order valence-corrected chi connectivity index (χ3v) is 5.32. The van der Waals surface area contributed by atoms with Crippen molar-refractivity contribution < 1.29 is 14.3 Å². The predicted molar refractivity (Wildman–Crippen MR) is 125 cm³/mol. The fourth-order valence-corrected chi connectivity index (χ4v) is 3.86. The Morgan fingerprint density at radius 1 is 1.06 bits per heavy atom. The first-order chi connectivity index (χ1) is 15.5. The molecule has 0 aliphatic rings. The lowest BCUT2D eigenvalue weighted by Gasteiger charge is -2.10. The third-order valence-electron chi connectivity index (χ3n) is 5.32. The van der Waals surface area contributed by atoms with E-state index in [-0.39, 0.29) is 5.75 Å². The van der Waals surface area contributed by atoms with E-state index < -0.39 is 0 Å². The number of methoxy groups -OCH3 is 1. The average molecular weight is 426 g/mol. The smallest absolute Gasteiger partial charge is 0.222 e. The molecule has 5 rings (SSSR count). The van der Waals surface area contributed by atoms with Gasteiger partial charge in [-0.3, -0.25) is 0 Å². The van der Waals surface area contributed by atoms with Crippen LogP contribution in [0.25, 0.3) is 33.3 Å². The van der Waals surface area contributed by atoms with Gasteiger partial charge in [0.15, 0.2) is 11.5 Å². The van der Waals surface area contributed by atoms with Gasteiger partial charge in [-0.1, -0.05) is 18.2 Å². The molecule has 5 aromatic rings. The summed E-state index contributed by atoms with van der Waals surface area (Å²) in [5.74, 6) is 1.60. The maximum atomic E-state index is 9.96. The topological polar surface area (TPSA) is 95.7 Å². The average Bonchev–Trinajstić information content (AvgIpc) is 3.20. The van der Waals surface area contributed by atoms with Crippen molar-refractivity contribution in [2.24, 2.45) is 5.10 Å². The largest absolute Gasteiger partial charge is 0.504 e. The monoisotopic (exact) mass is 426 g/mol. The number of phenols is 1. The molecular weight excluding hydrogens is 404 g/mol. The van der Waals surface area contributed by atoms with E-state index in [2.05, 4.69) is 26.6 Å². The molecule has 0 fully saturated rings. The number of hydrogen-bond acceptors (Lipinski definition) is 6. The van der Waals surface area contributed by atoms with Gasteiger partial charge in [-0.2, -0.15) is 5.10 Å². The lowest BCUT2D eigenvalue weighted by molar-refractivity contribution is 0.373. The Labute approximate surface area is 184 Å². The van der Waals surface area contributed by atoms with Crippen LogP contribution < -0.4 is 15.5 Å². The van der Waals surface area contributed by atoms with Crippen molar-refractivity contribution in [3.05, 3.63) is 77.1 Å². The lowest BCUT2D eigenvalue weighted by atomic mass is 10.0. The van der Waals surface area contributed by atoms with E-state index in [4.69, 9.17) is 9.15 Å². The van der Waals surface area contributed by atoms with E-state index in [1.807, 2.05) is 50.2 Å². The number of phenolic OH excluding ortho intramolecular Hbond substituents is 1. The highest BCUT2D eigenvalue weighted by Gasteiger charge is 2.12. The number of ether oxygens (including phenoxy) is 1. The van der Waals surface area contributed by atoms with Gasteiger partial charge in [-0.15, -0.1) is 0 Å². The predicted octanol–water partition coefficient (Wildman–Crippen LogP) is 5.23. The summed E-state index contributed by atoms with van der Waals surface area (Å²) in [4.78, 5) is 7.75. The molecule has 0 saturated carbocycles. The van der Waals surface area contributed by atoms with Crippen LogP contribution >= 0.6 is 0 Å². The van der Waals surface area contributed by atoms with Crippen molar-refractivity contribution in [3.8, 4) is 22.8 Å². The Morgan fingerprint density at radius 2 is 1.91 bits per heavy atom. The third kappa shape index (κ3) is 3.54. The molecule has 0 atom stereocenters. The van der Waals surface area contributed by atoms with Crippen LogP contribution in [0.2, 0.25) is 0 Å². The van der Waals surface area contributed by atoms with Crippen LogP contribution in [0.3, 0.4) is 0 Å². The van der Waals surface area contributed by atoms with Gasteiger partial charge in [0.1, 0.15) is 11.3 Å². The molecule has 160 valence electrons. The van der Waals surface area contributed by atoms with Crippen molar-refractivity contribution in [1.29, 1.82) is 0 Å². The first kappa shape index (κ1) is 19.7. The molecule has 2 heterocycles. The summed E-state index contributed by atoms with van der Waals surface area (Å²) >= 11 is 0. The second kappa shape index (κ2) is 7.77. The molecule has 2 aromatic heterocycles. The number of benzene rings is 3. The number of aromatic hydroxyl groups is 1. The molecule has 0 aliphatic carbocycles. The number of fused-ring (bicyclic) bond motifs is 2. The number of anilines is 1. The van der Waals surface area contributed by atoms with Crippen LogP contribution in [-0.2, 0) is 0 Å². The molecule has 3 N–H and O–H groups in total. The second-order valence-corrected chi connectivity index (χ2v) is 7.66. The summed E-state index contributed by atoms with van der Waals surface area (Å²) < 4.78 is 11.5. The number of aryl methyl sites for hydroxylation is 2. The Morgan fingerprint density at radius 3 is 2.72 bits per heavy atom. The minimum atomic E-state index is 0.0696. The number of aromatic nitrogens is 2. The van der Waals surface area contributed by atoms with E-state index in [1.54, 1.807) is 18.2 Å². The van der Waals surface area contributed by atoms with E-state index >= 15 is 0 Å². The number of nitrogens with one attached hydrogen (secondary N) is 2. The van der Waals surface area contributed by atoms with Gasteiger partial charge in [0, 0.05) is 17.0 Å². The Hall–Kier alpha value is -4.26. The normalized spacial score (nSPS) is 11.9. The quantitative estimate of drug-likeness (QED) is 0.342. The molecular formula is C25H22N4O3. The molecule has 0 unspecified atom stereocenters. The van der Waals surface area contributed by atoms with E-state index in [9.17, 15) is 5.11 Å². The van der Waals surface area contributed by atoms with Crippen LogP contribution in [0.15, 0.2) is 70.2 Å². The van der Waals surface area contributed by atoms with Crippen LogP contribution in [0.1, 0.15) is 11.1 Å². The Kier molecular flexibility index (Phi) is 4.78. The zero-order valence-corrected chi connectivity index (χ0v) is 17.9. The molecule has 32 heavy (non-hydrogen) atoms. The molecule has 0 saturated heterocycles. The van der Waals surface area contributed by atoms with Crippen molar-refractivity contribution >= 4 is 28.0 Å².